The average molecular weight is 289 g/mol. The maximum absolute atomic E-state index is 4.20. The lowest BCUT2D eigenvalue weighted by Crippen LogP contribution is -2.18. The molecule has 1 aliphatic carbocycles. The first-order valence-corrected chi connectivity index (χ1v) is 5.57. The number of anilines is 1. The van der Waals surface area contributed by atoms with Crippen LogP contribution in [0.5, 0.6) is 0 Å². The Morgan fingerprint density at radius 3 is 2.62 bits per heavy atom. The van der Waals surface area contributed by atoms with Crippen LogP contribution in [0.3, 0.4) is 0 Å². The van der Waals surface area contributed by atoms with Gasteiger partial charge in [-0.15, -0.1) is 0 Å². The van der Waals surface area contributed by atoms with Gasteiger partial charge in [0.15, 0.2) is 0 Å². The Hall–Kier alpha value is -0.390. The third-order valence-corrected chi connectivity index (χ3v) is 2.86. The standard InChI is InChI=1S/C9H12IN3/c1-6(7-2-3-7)13-9-11-4-8(10)5-12-9/h4-7H,2-3H2,1H3,(H,11,12,13). The summed E-state index contributed by atoms with van der Waals surface area (Å²) in [5.74, 6) is 1.59. The van der Waals surface area contributed by atoms with E-state index in [9.17, 15) is 0 Å². The Morgan fingerprint density at radius 1 is 1.46 bits per heavy atom. The van der Waals surface area contributed by atoms with E-state index in [0.29, 0.717) is 6.04 Å². The van der Waals surface area contributed by atoms with Crippen molar-refractivity contribution >= 4 is 28.5 Å². The SMILES string of the molecule is CC(Nc1ncc(I)cn1)C1CC1. The van der Waals surface area contributed by atoms with Crippen LogP contribution in [0.25, 0.3) is 0 Å². The van der Waals surface area contributed by atoms with Crippen LogP contribution in [0.2, 0.25) is 0 Å². The highest BCUT2D eigenvalue weighted by molar-refractivity contribution is 14.1. The van der Waals surface area contributed by atoms with Crippen LogP contribution in [0.4, 0.5) is 5.95 Å². The molecule has 3 nitrogen and oxygen atoms in total. The van der Waals surface area contributed by atoms with Gasteiger partial charge < -0.3 is 5.32 Å². The first-order chi connectivity index (χ1) is 6.25. The van der Waals surface area contributed by atoms with Crippen LogP contribution < -0.4 is 5.32 Å². The predicted octanol–water partition coefficient (Wildman–Crippen LogP) is 2.29. The second-order valence-corrected chi connectivity index (χ2v) is 4.74. The third kappa shape index (κ3) is 2.52. The summed E-state index contributed by atoms with van der Waals surface area (Å²) < 4.78 is 1.07. The number of nitrogens with zero attached hydrogens (tertiary/aromatic N) is 2. The second-order valence-electron chi connectivity index (χ2n) is 3.50. The van der Waals surface area contributed by atoms with E-state index in [1.165, 1.54) is 12.8 Å². The van der Waals surface area contributed by atoms with Crippen molar-refractivity contribution in [3.63, 3.8) is 0 Å². The van der Waals surface area contributed by atoms with Crippen LogP contribution in [0.1, 0.15) is 19.8 Å². The molecule has 1 aliphatic rings. The van der Waals surface area contributed by atoms with Crippen molar-refractivity contribution in [2.45, 2.75) is 25.8 Å². The lowest BCUT2D eigenvalue weighted by molar-refractivity contribution is 0.686. The summed E-state index contributed by atoms with van der Waals surface area (Å²) in [4.78, 5) is 8.40. The summed E-state index contributed by atoms with van der Waals surface area (Å²) in [6.07, 6.45) is 6.35. The van der Waals surface area contributed by atoms with E-state index in [0.717, 1.165) is 15.4 Å². The fourth-order valence-electron chi connectivity index (χ4n) is 1.30. The zero-order valence-corrected chi connectivity index (χ0v) is 9.65. The summed E-state index contributed by atoms with van der Waals surface area (Å²) >= 11 is 2.20. The molecule has 0 radical (unpaired) electrons. The van der Waals surface area contributed by atoms with Gasteiger partial charge in [0, 0.05) is 22.0 Å². The average Bonchev–Trinajstić information content (AvgIpc) is 2.91. The normalized spacial score (nSPS) is 18.3. The van der Waals surface area contributed by atoms with Gasteiger partial charge in [-0.3, -0.25) is 0 Å². The number of aromatic nitrogens is 2. The molecule has 2 rings (SSSR count). The molecule has 0 aliphatic heterocycles. The van der Waals surface area contributed by atoms with Crippen molar-refractivity contribution in [1.82, 2.24) is 9.97 Å². The van der Waals surface area contributed by atoms with Gasteiger partial charge in [-0.05, 0) is 48.3 Å². The van der Waals surface area contributed by atoms with Gasteiger partial charge in [0.1, 0.15) is 0 Å². The lowest BCUT2D eigenvalue weighted by atomic mass is 10.2. The molecular formula is C9H12IN3. The predicted molar refractivity (Wildman–Crippen MR) is 60.6 cm³/mol. The highest BCUT2D eigenvalue weighted by Crippen LogP contribution is 2.33. The minimum atomic E-state index is 0.514. The Kier molecular flexibility index (Phi) is 2.66. The molecule has 70 valence electrons. The zero-order chi connectivity index (χ0) is 9.26. The molecular weight excluding hydrogens is 277 g/mol. The molecule has 1 atom stereocenters. The number of nitrogens with one attached hydrogen (secondary N) is 1. The first-order valence-electron chi connectivity index (χ1n) is 4.50. The van der Waals surface area contributed by atoms with Crippen LogP contribution in [0, 0.1) is 9.49 Å². The smallest absolute Gasteiger partial charge is 0.222 e. The fraction of sp³-hybridized carbons (Fsp3) is 0.556. The van der Waals surface area contributed by atoms with E-state index >= 15 is 0 Å². The van der Waals surface area contributed by atoms with Gasteiger partial charge in [-0.2, -0.15) is 0 Å². The van der Waals surface area contributed by atoms with E-state index < -0.39 is 0 Å². The van der Waals surface area contributed by atoms with Gasteiger partial charge in [0.2, 0.25) is 5.95 Å². The quantitative estimate of drug-likeness (QED) is 0.868. The van der Waals surface area contributed by atoms with Crippen molar-refractivity contribution in [3.05, 3.63) is 16.0 Å². The van der Waals surface area contributed by atoms with Crippen molar-refractivity contribution in [3.8, 4) is 0 Å². The monoisotopic (exact) mass is 289 g/mol. The van der Waals surface area contributed by atoms with Crippen LogP contribution in [-0.4, -0.2) is 16.0 Å². The van der Waals surface area contributed by atoms with Gasteiger partial charge in [-0.1, -0.05) is 0 Å². The maximum atomic E-state index is 4.20. The molecule has 4 heteroatoms. The van der Waals surface area contributed by atoms with E-state index in [4.69, 9.17) is 0 Å². The summed E-state index contributed by atoms with van der Waals surface area (Å²) in [7, 11) is 0. The number of hydrogen-bond donors (Lipinski definition) is 1. The summed E-state index contributed by atoms with van der Waals surface area (Å²) in [6, 6.07) is 0.514. The largest absolute Gasteiger partial charge is 0.351 e. The number of halogens is 1. The molecule has 0 aromatic carbocycles. The van der Waals surface area contributed by atoms with Gasteiger partial charge in [0.05, 0.1) is 0 Å². The van der Waals surface area contributed by atoms with Gasteiger partial charge in [-0.25, -0.2) is 9.97 Å². The molecule has 1 aromatic rings. The molecule has 0 saturated heterocycles. The van der Waals surface area contributed by atoms with E-state index in [1.807, 2.05) is 12.4 Å². The summed E-state index contributed by atoms with van der Waals surface area (Å²) in [5.41, 5.74) is 0. The van der Waals surface area contributed by atoms with E-state index in [1.54, 1.807) is 0 Å². The number of hydrogen-bond acceptors (Lipinski definition) is 3. The molecule has 1 heterocycles. The highest BCUT2D eigenvalue weighted by atomic mass is 127. The van der Waals surface area contributed by atoms with Crippen molar-refractivity contribution in [2.24, 2.45) is 5.92 Å². The molecule has 1 unspecified atom stereocenters. The Balaban J connectivity index is 1.96. The van der Waals surface area contributed by atoms with E-state index in [-0.39, 0.29) is 0 Å². The first kappa shape index (κ1) is 9.18. The molecule has 0 bridgehead atoms. The summed E-state index contributed by atoms with van der Waals surface area (Å²) in [6.45, 7) is 2.19. The van der Waals surface area contributed by atoms with Crippen LogP contribution in [-0.2, 0) is 0 Å². The minimum Gasteiger partial charge on any atom is -0.351 e. The van der Waals surface area contributed by atoms with Crippen molar-refractivity contribution < 1.29 is 0 Å². The van der Waals surface area contributed by atoms with Crippen molar-refractivity contribution in [1.29, 1.82) is 0 Å². The molecule has 1 aromatic heterocycles. The molecule has 0 amide bonds. The summed E-state index contributed by atoms with van der Waals surface area (Å²) in [5, 5.41) is 3.31. The minimum absolute atomic E-state index is 0.514. The van der Waals surface area contributed by atoms with Crippen LogP contribution in [0.15, 0.2) is 12.4 Å². The Bertz CT molecular complexity index is 281. The van der Waals surface area contributed by atoms with Crippen molar-refractivity contribution in [2.75, 3.05) is 5.32 Å². The molecule has 0 spiro atoms. The second kappa shape index (κ2) is 3.77. The topological polar surface area (TPSA) is 37.8 Å². The van der Waals surface area contributed by atoms with Crippen LogP contribution >= 0.6 is 22.6 Å². The van der Waals surface area contributed by atoms with E-state index in [2.05, 4.69) is 44.8 Å². The molecule has 13 heavy (non-hydrogen) atoms. The molecule has 1 saturated carbocycles. The Labute approximate surface area is 91.5 Å². The molecule has 1 fully saturated rings. The van der Waals surface area contributed by atoms with Gasteiger partial charge >= 0.3 is 0 Å². The Morgan fingerprint density at radius 2 is 2.08 bits per heavy atom. The fourth-order valence-corrected chi connectivity index (χ4v) is 1.58. The van der Waals surface area contributed by atoms with Gasteiger partial charge in [0.25, 0.3) is 0 Å². The molecule has 1 N–H and O–H groups in total. The number of rotatable bonds is 3. The third-order valence-electron chi connectivity index (χ3n) is 2.31. The zero-order valence-electron chi connectivity index (χ0n) is 7.50. The highest BCUT2D eigenvalue weighted by Gasteiger charge is 2.28. The maximum Gasteiger partial charge on any atom is 0.222 e. The lowest BCUT2D eigenvalue weighted by Gasteiger charge is -2.11.